The molecule has 0 aromatic heterocycles. The Balaban J connectivity index is 1.74. The topological polar surface area (TPSA) is 0 Å². The zero-order chi connectivity index (χ0) is 19.8. The number of fused-ring (bicyclic) bond motifs is 3. The van der Waals surface area contributed by atoms with Crippen molar-refractivity contribution in [1.82, 2.24) is 0 Å². The minimum absolute atomic E-state index is 0.0752. The van der Waals surface area contributed by atoms with Crippen molar-refractivity contribution < 1.29 is 13.2 Å². The molecule has 0 bridgehead atoms. The molecule has 0 nitrogen and oxygen atoms in total. The molecule has 0 atom stereocenters. The molecule has 0 saturated heterocycles. The number of hydrogen-bond donors (Lipinski definition) is 0. The van der Waals surface area contributed by atoms with Crippen molar-refractivity contribution in [3.8, 4) is 22.3 Å². The molecule has 1 aliphatic rings. The third kappa shape index (κ3) is 3.33. The predicted octanol–water partition coefficient (Wildman–Crippen LogP) is 7.73. The van der Waals surface area contributed by atoms with Crippen LogP contribution in [0.3, 0.4) is 0 Å². The standard InChI is InChI=1S/C24H20ClF3/c1-2-3-4-5-14-6-8-17-16(10-14)11-19-18(17)13-22(27)23(24(19)28)15-7-9-20(25)21(26)12-15/h6-10,12-13H,2-5,11H2,1H3. The van der Waals surface area contributed by atoms with Crippen LogP contribution in [0.4, 0.5) is 13.2 Å². The van der Waals surface area contributed by atoms with Crippen molar-refractivity contribution in [3.05, 3.63) is 81.6 Å². The number of rotatable bonds is 5. The summed E-state index contributed by atoms with van der Waals surface area (Å²) in [7, 11) is 0. The van der Waals surface area contributed by atoms with E-state index in [1.165, 1.54) is 30.2 Å². The number of benzene rings is 3. The van der Waals surface area contributed by atoms with Crippen molar-refractivity contribution in [2.24, 2.45) is 0 Å². The molecule has 0 aliphatic heterocycles. The van der Waals surface area contributed by atoms with Gasteiger partial charge in [0.2, 0.25) is 0 Å². The van der Waals surface area contributed by atoms with E-state index in [4.69, 9.17) is 11.6 Å². The second kappa shape index (κ2) is 7.63. The average molecular weight is 401 g/mol. The summed E-state index contributed by atoms with van der Waals surface area (Å²) in [5.41, 5.74) is 4.11. The van der Waals surface area contributed by atoms with Crippen LogP contribution in [0, 0.1) is 17.5 Å². The van der Waals surface area contributed by atoms with Gasteiger partial charge in [0, 0.05) is 12.0 Å². The van der Waals surface area contributed by atoms with Crippen LogP contribution in [0.25, 0.3) is 22.3 Å². The molecule has 0 N–H and O–H groups in total. The summed E-state index contributed by atoms with van der Waals surface area (Å²) in [5, 5.41) is -0.0752. The second-order valence-electron chi connectivity index (χ2n) is 7.33. The first-order chi connectivity index (χ1) is 13.5. The molecule has 0 spiro atoms. The highest BCUT2D eigenvalue weighted by Gasteiger charge is 2.27. The van der Waals surface area contributed by atoms with E-state index in [1.807, 2.05) is 12.1 Å². The van der Waals surface area contributed by atoms with Gasteiger partial charge in [-0.2, -0.15) is 0 Å². The van der Waals surface area contributed by atoms with Gasteiger partial charge in [-0.1, -0.05) is 55.6 Å². The Hall–Kier alpha value is -2.26. The van der Waals surface area contributed by atoms with E-state index < -0.39 is 17.5 Å². The highest BCUT2D eigenvalue weighted by atomic mass is 35.5. The van der Waals surface area contributed by atoms with E-state index in [-0.39, 0.29) is 16.1 Å². The third-order valence-electron chi connectivity index (χ3n) is 5.42. The Morgan fingerprint density at radius 1 is 0.893 bits per heavy atom. The van der Waals surface area contributed by atoms with Crippen LogP contribution < -0.4 is 0 Å². The summed E-state index contributed by atoms with van der Waals surface area (Å²) in [5.74, 6) is -2.02. The van der Waals surface area contributed by atoms with Gasteiger partial charge in [0.15, 0.2) is 0 Å². The highest BCUT2D eigenvalue weighted by molar-refractivity contribution is 6.30. The van der Waals surface area contributed by atoms with Crippen molar-refractivity contribution in [1.29, 1.82) is 0 Å². The molecule has 0 radical (unpaired) electrons. The lowest BCUT2D eigenvalue weighted by atomic mass is 9.97. The molecule has 0 fully saturated rings. The molecule has 0 heterocycles. The SMILES string of the molecule is CCCCCc1ccc2c(c1)Cc1c-2cc(F)c(-c2ccc(Cl)c(F)c2)c1F. The lowest BCUT2D eigenvalue weighted by Crippen LogP contribution is -1.97. The maximum absolute atomic E-state index is 15.3. The minimum Gasteiger partial charge on any atom is -0.206 e. The monoisotopic (exact) mass is 400 g/mol. The summed E-state index contributed by atoms with van der Waals surface area (Å²) < 4.78 is 43.9. The quantitative estimate of drug-likeness (QED) is 0.301. The number of halogens is 4. The third-order valence-corrected chi connectivity index (χ3v) is 5.73. The van der Waals surface area contributed by atoms with Crippen LogP contribution >= 0.6 is 11.6 Å². The fraction of sp³-hybridized carbons (Fsp3) is 0.250. The van der Waals surface area contributed by atoms with E-state index in [1.54, 1.807) is 0 Å². The van der Waals surface area contributed by atoms with Gasteiger partial charge < -0.3 is 0 Å². The van der Waals surface area contributed by atoms with Crippen molar-refractivity contribution >= 4 is 11.6 Å². The highest BCUT2D eigenvalue weighted by Crippen LogP contribution is 2.43. The summed E-state index contributed by atoms with van der Waals surface area (Å²) in [4.78, 5) is 0. The van der Waals surface area contributed by atoms with Gasteiger partial charge in [-0.3, -0.25) is 0 Å². The van der Waals surface area contributed by atoms with Crippen LogP contribution in [-0.4, -0.2) is 0 Å². The van der Waals surface area contributed by atoms with Crippen LogP contribution in [0.2, 0.25) is 5.02 Å². The van der Waals surface area contributed by atoms with Crippen LogP contribution in [0.15, 0.2) is 42.5 Å². The molecule has 3 aromatic carbocycles. The molecular weight excluding hydrogens is 381 g/mol. The smallest absolute Gasteiger partial charge is 0.142 e. The molecule has 0 amide bonds. The number of hydrogen-bond acceptors (Lipinski definition) is 0. The number of aryl methyl sites for hydroxylation is 1. The Labute approximate surface area is 168 Å². The molecule has 1 aliphatic carbocycles. The molecule has 28 heavy (non-hydrogen) atoms. The summed E-state index contributed by atoms with van der Waals surface area (Å²) in [6.45, 7) is 2.17. The fourth-order valence-corrected chi connectivity index (χ4v) is 4.09. The summed E-state index contributed by atoms with van der Waals surface area (Å²) in [6, 6.07) is 11.3. The van der Waals surface area contributed by atoms with Crippen LogP contribution in [0.1, 0.15) is 42.9 Å². The molecule has 3 aromatic rings. The first-order valence-electron chi connectivity index (χ1n) is 9.58. The van der Waals surface area contributed by atoms with E-state index in [0.717, 1.165) is 36.5 Å². The van der Waals surface area contributed by atoms with Crippen molar-refractivity contribution in [2.75, 3.05) is 0 Å². The predicted molar refractivity (Wildman–Crippen MR) is 108 cm³/mol. The first kappa shape index (κ1) is 19.1. The zero-order valence-electron chi connectivity index (χ0n) is 15.6. The van der Waals surface area contributed by atoms with Gasteiger partial charge in [0.1, 0.15) is 17.5 Å². The average Bonchev–Trinajstić information content (AvgIpc) is 3.03. The Kier molecular flexibility index (Phi) is 5.20. The van der Waals surface area contributed by atoms with Crippen LogP contribution in [-0.2, 0) is 12.8 Å². The van der Waals surface area contributed by atoms with E-state index >= 15 is 4.39 Å². The molecule has 4 rings (SSSR count). The zero-order valence-corrected chi connectivity index (χ0v) is 16.3. The first-order valence-corrected chi connectivity index (χ1v) is 9.96. The molecule has 144 valence electrons. The Bertz CT molecular complexity index is 1060. The lowest BCUT2D eigenvalue weighted by Gasteiger charge is -2.11. The molecular formula is C24H20ClF3. The minimum atomic E-state index is -0.696. The second-order valence-corrected chi connectivity index (χ2v) is 7.73. The van der Waals surface area contributed by atoms with Gasteiger partial charge in [0.25, 0.3) is 0 Å². The van der Waals surface area contributed by atoms with E-state index in [9.17, 15) is 8.78 Å². The molecule has 0 saturated carbocycles. The van der Waals surface area contributed by atoms with E-state index in [0.29, 0.717) is 17.5 Å². The van der Waals surface area contributed by atoms with E-state index in [2.05, 4.69) is 13.0 Å². The fourth-order valence-electron chi connectivity index (χ4n) is 3.97. The van der Waals surface area contributed by atoms with Gasteiger partial charge in [-0.05, 0) is 58.9 Å². The van der Waals surface area contributed by atoms with Crippen molar-refractivity contribution in [3.63, 3.8) is 0 Å². The van der Waals surface area contributed by atoms with Crippen molar-refractivity contribution in [2.45, 2.75) is 39.0 Å². The maximum Gasteiger partial charge on any atom is 0.142 e. The number of unbranched alkanes of at least 4 members (excludes halogenated alkanes) is 2. The lowest BCUT2D eigenvalue weighted by molar-refractivity contribution is 0.582. The van der Waals surface area contributed by atoms with Gasteiger partial charge in [0.05, 0.1) is 10.6 Å². The van der Waals surface area contributed by atoms with Crippen LogP contribution in [0.5, 0.6) is 0 Å². The maximum atomic E-state index is 15.3. The van der Waals surface area contributed by atoms with Gasteiger partial charge in [-0.15, -0.1) is 0 Å². The Morgan fingerprint density at radius 3 is 2.46 bits per heavy atom. The van der Waals surface area contributed by atoms with Gasteiger partial charge >= 0.3 is 0 Å². The Morgan fingerprint density at radius 2 is 1.71 bits per heavy atom. The largest absolute Gasteiger partial charge is 0.206 e. The molecule has 4 heteroatoms. The molecule has 0 unspecified atom stereocenters. The summed E-state index contributed by atoms with van der Waals surface area (Å²) in [6.07, 6.45) is 4.87. The van der Waals surface area contributed by atoms with Gasteiger partial charge in [-0.25, -0.2) is 13.2 Å². The summed E-state index contributed by atoms with van der Waals surface area (Å²) >= 11 is 5.70. The normalized spacial score (nSPS) is 12.2.